The summed E-state index contributed by atoms with van der Waals surface area (Å²) in [5.74, 6) is 0.228. The lowest BCUT2D eigenvalue weighted by molar-refractivity contribution is -0.123. The van der Waals surface area contributed by atoms with Crippen LogP contribution in [0.3, 0.4) is 0 Å². The van der Waals surface area contributed by atoms with Gasteiger partial charge in [0.1, 0.15) is 5.75 Å². The lowest BCUT2D eigenvalue weighted by Gasteiger charge is -2.10. The summed E-state index contributed by atoms with van der Waals surface area (Å²) >= 11 is 5.85. The van der Waals surface area contributed by atoms with Crippen molar-refractivity contribution in [1.29, 1.82) is 0 Å². The van der Waals surface area contributed by atoms with Crippen LogP contribution < -0.4 is 19.6 Å². The average Bonchev–Trinajstić information content (AvgIpc) is 2.88. The molecule has 0 saturated carbocycles. The minimum Gasteiger partial charge on any atom is -0.493 e. The SMILES string of the molecule is COc1cc(C=NNC(=O)COc2ccc3ccccc3c2)ccc1OC(=O)c1ccc(Cl)cc1. The molecule has 0 unspecified atom stereocenters. The summed E-state index contributed by atoms with van der Waals surface area (Å²) in [4.78, 5) is 24.4. The molecule has 0 heterocycles. The normalized spacial score (nSPS) is 10.8. The smallest absolute Gasteiger partial charge is 0.343 e. The van der Waals surface area contributed by atoms with Gasteiger partial charge < -0.3 is 14.2 Å². The molecular formula is C27H21ClN2O5. The Morgan fingerprint density at radius 2 is 1.69 bits per heavy atom. The number of hydrazone groups is 1. The van der Waals surface area contributed by atoms with Gasteiger partial charge in [-0.1, -0.05) is 41.9 Å². The number of halogens is 1. The van der Waals surface area contributed by atoms with Gasteiger partial charge in [-0.05, 0) is 70.9 Å². The van der Waals surface area contributed by atoms with E-state index < -0.39 is 11.9 Å². The summed E-state index contributed by atoms with van der Waals surface area (Å²) in [6.45, 7) is -0.182. The Kier molecular flexibility index (Phi) is 7.60. The molecule has 8 heteroatoms. The van der Waals surface area contributed by atoms with E-state index in [1.54, 1.807) is 42.5 Å². The molecule has 1 N–H and O–H groups in total. The van der Waals surface area contributed by atoms with Crippen LogP contribution >= 0.6 is 11.6 Å². The first kappa shape index (κ1) is 23.8. The number of ether oxygens (including phenoxy) is 3. The minimum absolute atomic E-state index is 0.182. The Bertz CT molecular complexity index is 1390. The molecule has 7 nitrogen and oxygen atoms in total. The van der Waals surface area contributed by atoms with Crippen molar-refractivity contribution in [2.75, 3.05) is 13.7 Å². The summed E-state index contributed by atoms with van der Waals surface area (Å²) in [6, 6.07) is 24.8. The third-order valence-corrected chi connectivity index (χ3v) is 5.22. The van der Waals surface area contributed by atoms with Crippen molar-refractivity contribution in [1.82, 2.24) is 5.43 Å². The number of amides is 1. The third kappa shape index (κ3) is 6.37. The summed E-state index contributed by atoms with van der Waals surface area (Å²) in [7, 11) is 1.46. The topological polar surface area (TPSA) is 86.2 Å². The van der Waals surface area contributed by atoms with E-state index in [-0.39, 0.29) is 12.4 Å². The number of hydrogen-bond acceptors (Lipinski definition) is 6. The summed E-state index contributed by atoms with van der Waals surface area (Å²) in [5, 5.41) is 6.59. The van der Waals surface area contributed by atoms with Crippen molar-refractivity contribution < 1.29 is 23.8 Å². The maximum Gasteiger partial charge on any atom is 0.343 e. The van der Waals surface area contributed by atoms with Crippen LogP contribution in [0.1, 0.15) is 15.9 Å². The van der Waals surface area contributed by atoms with E-state index >= 15 is 0 Å². The van der Waals surface area contributed by atoms with E-state index in [0.29, 0.717) is 27.6 Å². The average molecular weight is 489 g/mol. The van der Waals surface area contributed by atoms with Crippen molar-refractivity contribution in [2.24, 2.45) is 5.10 Å². The Labute approximate surface area is 206 Å². The molecule has 0 spiro atoms. The molecule has 4 aromatic rings. The fourth-order valence-corrected chi connectivity index (χ4v) is 3.34. The zero-order valence-corrected chi connectivity index (χ0v) is 19.5. The third-order valence-electron chi connectivity index (χ3n) is 4.96. The van der Waals surface area contributed by atoms with Gasteiger partial charge in [-0.25, -0.2) is 10.2 Å². The van der Waals surface area contributed by atoms with Crippen LogP contribution in [0, 0.1) is 0 Å². The first-order valence-electron chi connectivity index (χ1n) is 10.6. The van der Waals surface area contributed by atoms with Gasteiger partial charge in [-0.3, -0.25) is 4.79 Å². The summed E-state index contributed by atoms with van der Waals surface area (Å²) in [5.41, 5.74) is 3.40. The van der Waals surface area contributed by atoms with E-state index in [2.05, 4.69) is 10.5 Å². The van der Waals surface area contributed by atoms with Crippen molar-refractivity contribution in [3.8, 4) is 17.2 Å². The highest BCUT2D eigenvalue weighted by Crippen LogP contribution is 2.28. The Morgan fingerprint density at radius 1 is 0.914 bits per heavy atom. The number of methoxy groups -OCH3 is 1. The van der Waals surface area contributed by atoms with Crippen LogP contribution in [0.15, 0.2) is 90.0 Å². The molecule has 0 aliphatic rings. The second kappa shape index (κ2) is 11.2. The number of carbonyl (C=O) groups excluding carboxylic acids is 2. The van der Waals surface area contributed by atoms with E-state index in [9.17, 15) is 9.59 Å². The molecule has 0 atom stereocenters. The highest BCUT2D eigenvalue weighted by molar-refractivity contribution is 6.30. The van der Waals surface area contributed by atoms with E-state index in [1.165, 1.54) is 13.3 Å². The Balaban J connectivity index is 1.32. The van der Waals surface area contributed by atoms with Gasteiger partial charge in [0.25, 0.3) is 5.91 Å². The number of esters is 1. The largest absolute Gasteiger partial charge is 0.493 e. The molecule has 1 amide bonds. The van der Waals surface area contributed by atoms with Gasteiger partial charge in [0, 0.05) is 5.02 Å². The number of hydrogen-bond donors (Lipinski definition) is 1. The zero-order valence-electron chi connectivity index (χ0n) is 18.7. The molecule has 35 heavy (non-hydrogen) atoms. The maximum atomic E-state index is 12.3. The molecule has 0 radical (unpaired) electrons. The van der Waals surface area contributed by atoms with Crippen LogP contribution in [0.4, 0.5) is 0 Å². The van der Waals surface area contributed by atoms with Crippen LogP contribution in [-0.4, -0.2) is 31.8 Å². The van der Waals surface area contributed by atoms with Crippen molar-refractivity contribution in [3.63, 3.8) is 0 Å². The molecular weight excluding hydrogens is 468 g/mol. The molecule has 4 aromatic carbocycles. The zero-order chi connectivity index (χ0) is 24.6. The number of benzene rings is 4. The van der Waals surface area contributed by atoms with E-state index in [0.717, 1.165) is 10.8 Å². The molecule has 176 valence electrons. The predicted octanol–water partition coefficient (Wildman–Crippen LogP) is 5.25. The molecule has 0 saturated heterocycles. The van der Waals surface area contributed by atoms with Gasteiger partial charge in [0.15, 0.2) is 18.1 Å². The Hall–Kier alpha value is -4.36. The first-order valence-corrected chi connectivity index (χ1v) is 11.0. The highest BCUT2D eigenvalue weighted by Gasteiger charge is 2.13. The lowest BCUT2D eigenvalue weighted by Crippen LogP contribution is -2.24. The Morgan fingerprint density at radius 3 is 2.46 bits per heavy atom. The fraction of sp³-hybridized carbons (Fsp3) is 0.0741. The lowest BCUT2D eigenvalue weighted by atomic mass is 10.1. The summed E-state index contributed by atoms with van der Waals surface area (Å²) < 4.78 is 16.3. The van der Waals surface area contributed by atoms with Crippen molar-refractivity contribution in [2.45, 2.75) is 0 Å². The second-order valence-electron chi connectivity index (χ2n) is 7.40. The van der Waals surface area contributed by atoms with Gasteiger partial charge in [-0.15, -0.1) is 0 Å². The molecule has 0 aromatic heterocycles. The van der Waals surface area contributed by atoms with Gasteiger partial charge in [0.2, 0.25) is 0 Å². The van der Waals surface area contributed by atoms with E-state index in [1.807, 2.05) is 42.5 Å². The van der Waals surface area contributed by atoms with Gasteiger partial charge in [-0.2, -0.15) is 5.10 Å². The molecule has 4 rings (SSSR count). The quantitative estimate of drug-likeness (QED) is 0.158. The van der Waals surface area contributed by atoms with Crippen LogP contribution in [0.2, 0.25) is 5.02 Å². The second-order valence-corrected chi connectivity index (χ2v) is 7.83. The number of fused-ring (bicyclic) bond motifs is 1. The number of nitrogens with zero attached hydrogens (tertiary/aromatic N) is 1. The number of rotatable bonds is 8. The summed E-state index contributed by atoms with van der Waals surface area (Å²) in [6.07, 6.45) is 1.45. The number of carbonyl (C=O) groups is 2. The van der Waals surface area contributed by atoms with Crippen molar-refractivity contribution in [3.05, 3.63) is 101 Å². The fourth-order valence-electron chi connectivity index (χ4n) is 3.21. The van der Waals surface area contributed by atoms with Crippen LogP contribution in [0.5, 0.6) is 17.2 Å². The standard InChI is InChI=1S/C27H21ClN2O5/c1-33-25-14-18(6-13-24(25)35-27(32)20-7-10-22(28)11-8-20)16-29-30-26(31)17-34-23-12-9-19-4-2-3-5-21(19)15-23/h2-16H,17H2,1H3,(H,30,31). The molecule has 0 bridgehead atoms. The monoisotopic (exact) mass is 488 g/mol. The van der Waals surface area contributed by atoms with Gasteiger partial charge >= 0.3 is 5.97 Å². The molecule has 0 aliphatic heterocycles. The highest BCUT2D eigenvalue weighted by atomic mass is 35.5. The predicted molar refractivity (Wildman–Crippen MR) is 135 cm³/mol. The first-order chi connectivity index (χ1) is 17.0. The van der Waals surface area contributed by atoms with E-state index in [4.69, 9.17) is 25.8 Å². The van der Waals surface area contributed by atoms with Crippen LogP contribution in [-0.2, 0) is 4.79 Å². The van der Waals surface area contributed by atoms with Crippen LogP contribution in [0.25, 0.3) is 10.8 Å². The molecule has 0 aliphatic carbocycles. The molecule has 0 fully saturated rings. The minimum atomic E-state index is -0.542. The van der Waals surface area contributed by atoms with Gasteiger partial charge in [0.05, 0.1) is 18.9 Å². The van der Waals surface area contributed by atoms with Crippen molar-refractivity contribution >= 4 is 40.5 Å². The maximum absolute atomic E-state index is 12.3. The number of nitrogens with one attached hydrogen (secondary N) is 1.